The molecule has 0 aliphatic carbocycles. The Kier molecular flexibility index (Phi) is 3.96. The Morgan fingerprint density at radius 1 is 1.28 bits per heavy atom. The summed E-state index contributed by atoms with van der Waals surface area (Å²) in [6.07, 6.45) is 8.36. The molecule has 2 aromatic heterocycles. The number of aromatic hydroxyl groups is 1. The molecule has 0 spiro atoms. The number of fused-ring (bicyclic) bond motifs is 3. The molecule has 1 unspecified atom stereocenters. The maximum Gasteiger partial charge on any atom is 0.185 e. The van der Waals surface area contributed by atoms with Crippen molar-refractivity contribution in [2.75, 3.05) is 0 Å². The van der Waals surface area contributed by atoms with Gasteiger partial charge in [0.15, 0.2) is 5.82 Å². The fourth-order valence-electron chi connectivity index (χ4n) is 4.28. The van der Waals surface area contributed by atoms with E-state index in [9.17, 15) is 9.50 Å². The fraction of sp³-hybridized carbons (Fsp3) is 0.273. The third-order valence-electron chi connectivity index (χ3n) is 5.87. The lowest BCUT2D eigenvalue weighted by Crippen LogP contribution is -2.54. The van der Waals surface area contributed by atoms with Crippen molar-refractivity contribution >= 4 is 16.3 Å². The Bertz CT molecular complexity index is 1150. The summed E-state index contributed by atoms with van der Waals surface area (Å²) in [5.74, 6) is -0.00466. The molecule has 29 heavy (non-hydrogen) atoms. The lowest BCUT2D eigenvalue weighted by atomic mass is 9.78. The van der Waals surface area contributed by atoms with Crippen LogP contribution < -0.4 is 5.32 Å². The summed E-state index contributed by atoms with van der Waals surface area (Å²) in [5.41, 5.74) is 1.32. The van der Waals surface area contributed by atoms with E-state index in [1.807, 2.05) is 18.2 Å². The van der Waals surface area contributed by atoms with Gasteiger partial charge < -0.3 is 5.11 Å². The number of piperidine rings is 1. The Morgan fingerprint density at radius 2 is 2.14 bits per heavy atom. The predicted octanol–water partition coefficient (Wildman–Crippen LogP) is 3.45. The molecule has 0 saturated carbocycles. The van der Waals surface area contributed by atoms with E-state index in [2.05, 4.69) is 39.0 Å². The average Bonchev–Trinajstić information content (AvgIpc) is 3.07. The maximum atomic E-state index is 14.9. The first-order valence-electron chi connectivity index (χ1n) is 9.51. The molecule has 5 rings (SSSR count). The number of halogens is 1. The van der Waals surface area contributed by atoms with Crippen LogP contribution >= 0.6 is 0 Å². The molecule has 1 saturated heterocycles. The van der Waals surface area contributed by atoms with E-state index in [4.69, 9.17) is 0 Å². The van der Waals surface area contributed by atoms with E-state index >= 15 is 0 Å². The van der Waals surface area contributed by atoms with Crippen LogP contribution in [-0.2, 0) is 0 Å². The van der Waals surface area contributed by atoms with Crippen molar-refractivity contribution in [3.63, 3.8) is 0 Å². The number of phenols is 1. The second-order valence-electron chi connectivity index (χ2n) is 7.99. The third-order valence-corrected chi connectivity index (χ3v) is 5.87. The van der Waals surface area contributed by atoms with Gasteiger partial charge in [0.1, 0.15) is 17.6 Å². The summed E-state index contributed by atoms with van der Waals surface area (Å²) in [6.45, 7) is 6.15. The van der Waals surface area contributed by atoms with Gasteiger partial charge in [0.25, 0.3) is 0 Å². The average molecular weight is 389 g/mol. The quantitative estimate of drug-likeness (QED) is 0.668. The lowest BCUT2D eigenvalue weighted by Gasteiger charge is -2.39. The smallest absolute Gasteiger partial charge is 0.185 e. The monoisotopic (exact) mass is 389 g/mol. The minimum atomic E-state index is -1.08. The van der Waals surface area contributed by atoms with Gasteiger partial charge in [-0.25, -0.2) is 9.37 Å². The van der Waals surface area contributed by atoms with Crippen LogP contribution in [0, 0.1) is 5.92 Å². The van der Waals surface area contributed by atoms with Crippen molar-refractivity contribution in [1.82, 2.24) is 25.5 Å². The van der Waals surface area contributed by atoms with E-state index in [-0.39, 0.29) is 23.2 Å². The molecule has 4 atom stereocenters. The van der Waals surface area contributed by atoms with Crippen molar-refractivity contribution in [3.05, 3.63) is 61.2 Å². The van der Waals surface area contributed by atoms with E-state index in [1.165, 1.54) is 0 Å². The van der Waals surface area contributed by atoms with Gasteiger partial charge in [-0.2, -0.15) is 0 Å². The first-order chi connectivity index (χ1) is 13.9. The minimum Gasteiger partial charge on any atom is -0.507 e. The van der Waals surface area contributed by atoms with Crippen molar-refractivity contribution in [1.29, 1.82) is 0 Å². The van der Waals surface area contributed by atoms with Crippen LogP contribution in [0.1, 0.15) is 19.0 Å². The van der Waals surface area contributed by atoms with Crippen LogP contribution in [0.15, 0.2) is 55.5 Å². The number of benzene rings is 1. The predicted molar refractivity (Wildman–Crippen MR) is 109 cm³/mol. The van der Waals surface area contributed by atoms with Gasteiger partial charge in [-0.15, -0.1) is 10.2 Å². The number of allylic oxidation sites excluding steroid dienone is 1. The van der Waals surface area contributed by atoms with Crippen LogP contribution in [0.2, 0.25) is 0 Å². The number of aromatic nitrogens is 4. The molecule has 2 N–H and O–H groups in total. The number of phenolic OH excluding ortho intramolecular Hbond substituents is 1. The number of rotatable bonds is 3. The van der Waals surface area contributed by atoms with E-state index in [1.54, 1.807) is 30.7 Å². The van der Waals surface area contributed by atoms with Crippen LogP contribution in [0.25, 0.3) is 27.7 Å². The highest BCUT2D eigenvalue weighted by atomic mass is 19.1. The number of pyridine rings is 1. The molecule has 0 radical (unpaired) electrons. The normalized spacial score (nSPS) is 28.0. The van der Waals surface area contributed by atoms with Crippen LogP contribution in [0.3, 0.4) is 0 Å². The van der Waals surface area contributed by atoms with Crippen molar-refractivity contribution in [2.24, 2.45) is 5.92 Å². The summed E-state index contributed by atoms with van der Waals surface area (Å²) in [7, 11) is 0. The molecule has 2 bridgehead atoms. The molecule has 6 nitrogen and oxygen atoms in total. The zero-order valence-electron chi connectivity index (χ0n) is 15.9. The van der Waals surface area contributed by atoms with Crippen molar-refractivity contribution < 1.29 is 9.50 Å². The summed E-state index contributed by atoms with van der Waals surface area (Å²) in [6, 6.07) is 4.97. The zero-order valence-corrected chi connectivity index (χ0v) is 15.9. The van der Waals surface area contributed by atoms with Crippen LogP contribution in [-0.4, -0.2) is 43.0 Å². The van der Waals surface area contributed by atoms with Crippen molar-refractivity contribution in [3.8, 4) is 17.1 Å². The van der Waals surface area contributed by atoms with Gasteiger partial charge in [-0.3, -0.25) is 10.3 Å². The van der Waals surface area contributed by atoms with Gasteiger partial charge in [0, 0.05) is 29.2 Å². The van der Waals surface area contributed by atoms with Gasteiger partial charge in [-0.05, 0) is 42.5 Å². The van der Waals surface area contributed by atoms with Crippen LogP contribution in [0.5, 0.6) is 5.75 Å². The summed E-state index contributed by atoms with van der Waals surface area (Å²) in [5, 5.41) is 23.8. The minimum absolute atomic E-state index is 0.0524. The van der Waals surface area contributed by atoms with Gasteiger partial charge >= 0.3 is 0 Å². The second kappa shape index (κ2) is 6.42. The zero-order chi connectivity index (χ0) is 20.2. The van der Waals surface area contributed by atoms with Gasteiger partial charge in [-0.1, -0.05) is 18.7 Å². The molecule has 1 fully saturated rings. The first-order valence-corrected chi connectivity index (χ1v) is 9.51. The highest BCUT2D eigenvalue weighted by molar-refractivity contribution is 5.88. The molecule has 7 heteroatoms. The van der Waals surface area contributed by atoms with Gasteiger partial charge in [0.05, 0.1) is 17.8 Å². The molecular weight excluding hydrogens is 369 g/mol. The second-order valence-corrected chi connectivity index (χ2v) is 7.99. The maximum absolute atomic E-state index is 14.9. The Balaban J connectivity index is 1.43. The number of hydrogen-bond donors (Lipinski definition) is 2. The van der Waals surface area contributed by atoms with Crippen LogP contribution in [0.4, 0.5) is 4.39 Å². The summed E-state index contributed by atoms with van der Waals surface area (Å²) < 4.78 is 14.9. The van der Waals surface area contributed by atoms with E-state index in [0.29, 0.717) is 29.1 Å². The van der Waals surface area contributed by atoms with E-state index < -0.39 is 6.17 Å². The highest BCUT2D eigenvalue weighted by Gasteiger charge is 2.46. The summed E-state index contributed by atoms with van der Waals surface area (Å²) >= 11 is 0. The Hall–Kier alpha value is -3.19. The molecule has 2 aliphatic heterocycles. The lowest BCUT2D eigenvalue weighted by molar-refractivity contribution is 0.146. The first kappa shape index (κ1) is 17.9. The molecule has 4 heterocycles. The third kappa shape index (κ3) is 2.98. The molecular formula is C22H20FN5O. The topological polar surface area (TPSA) is 83.8 Å². The number of nitrogens with zero attached hydrogens (tertiary/aromatic N) is 4. The SMILES string of the molecule is C=C(c1cnc(-c2cc3ccncc3cc2O)nn1)[C@H]1C[C@]2(C)C=CC(N2)[C@@H]1F. The molecule has 0 amide bonds. The standard InChI is InChI=1S/C22H20FN5O/c1-12(16-9-22(2)5-3-17(26-22)20(16)23)18-11-25-21(28-27-18)15-7-13-4-6-24-10-14(13)8-19(15)29/h3-8,10-11,16-17,20,26,29H,1,9H2,2H3/t16-,17?,20-,22+/m1/s1. The van der Waals surface area contributed by atoms with E-state index in [0.717, 1.165) is 10.8 Å². The van der Waals surface area contributed by atoms with Crippen molar-refractivity contribution in [2.45, 2.75) is 31.1 Å². The molecule has 2 aliphatic rings. The summed E-state index contributed by atoms with van der Waals surface area (Å²) in [4.78, 5) is 8.42. The Labute approximate surface area is 167 Å². The largest absolute Gasteiger partial charge is 0.507 e. The van der Waals surface area contributed by atoms with Gasteiger partial charge in [0.2, 0.25) is 0 Å². The highest BCUT2D eigenvalue weighted by Crippen LogP contribution is 2.41. The molecule has 3 aromatic rings. The number of alkyl halides is 1. The molecule has 1 aromatic carbocycles. The molecule has 146 valence electrons. The number of hydrogen-bond acceptors (Lipinski definition) is 6. The fourth-order valence-corrected chi connectivity index (χ4v) is 4.28. The number of nitrogens with one attached hydrogen (secondary N) is 1. The Morgan fingerprint density at radius 3 is 2.93 bits per heavy atom.